The summed E-state index contributed by atoms with van der Waals surface area (Å²) in [6.45, 7) is 0. The molecule has 1 aromatic rings. The normalized spacial score (nSPS) is 10.8. The van der Waals surface area contributed by atoms with Gasteiger partial charge in [0.05, 0.1) is 23.6 Å². The van der Waals surface area contributed by atoms with E-state index in [4.69, 9.17) is 5.26 Å². The Morgan fingerprint density at radius 2 is 2.13 bits per heavy atom. The molecule has 15 heavy (non-hydrogen) atoms. The van der Waals surface area contributed by atoms with Gasteiger partial charge in [0.1, 0.15) is 5.82 Å². The smallest absolute Gasteiger partial charge is 0.229 e. The van der Waals surface area contributed by atoms with E-state index in [0.29, 0.717) is 3.57 Å². The van der Waals surface area contributed by atoms with Crippen LogP contribution >= 0.6 is 22.6 Å². The van der Waals surface area contributed by atoms with E-state index in [1.165, 1.54) is 6.07 Å². The van der Waals surface area contributed by atoms with E-state index < -0.39 is 15.8 Å². The zero-order valence-corrected chi connectivity index (χ0v) is 10.6. The second-order valence-electron chi connectivity index (χ2n) is 2.80. The Morgan fingerprint density at radius 1 is 1.53 bits per heavy atom. The summed E-state index contributed by atoms with van der Waals surface area (Å²) in [5.41, 5.74) is 0.0213. The lowest BCUT2D eigenvalue weighted by molar-refractivity contribution is 0.603. The standard InChI is InChI=1S/C8H6FIN2O2S/c1-15(13,14)12-8-6(9)2-5(4-11)3-7(8)10/h2-3,12H,1H3. The third-order valence-corrected chi connectivity index (χ3v) is 2.88. The topological polar surface area (TPSA) is 70.0 Å². The number of benzene rings is 1. The summed E-state index contributed by atoms with van der Waals surface area (Å²) in [4.78, 5) is 0. The van der Waals surface area contributed by atoms with Crippen molar-refractivity contribution in [1.29, 1.82) is 5.26 Å². The van der Waals surface area contributed by atoms with Crippen molar-refractivity contribution in [2.24, 2.45) is 0 Å². The molecule has 0 aliphatic heterocycles. The maximum absolute atomic E-state index is 13.3. The van der Waals surface area contributed by atoms with Gasteiger partial charge in [0, 0.05) is 3.57 Å². The molecule has 0 saturated carbocycles. The molecule has 0 amide bonds. The van der Waals surface area contributed by atoms with Gasteiger partial charge in [-0.3, -0.25) is 4.72 Å². The van der Waals surface area contributed by atoms with Crippen LogP contribution in [0.4, 0.5) is 10.1 Å². The second-order valence-corrected chi connectivity index (χ2v) is 5.71. The average Bonchev–Trinajstić information content (AvgIpc) is 2.09. The summed E-state index contributed by atoms with van der Waals surface area (Å²) in [5.74, 6) is -0.760. The van der Waals surface area contributed by atoms with Gasteiger partial charge in [-0.2, -0.15) is 5.26 Å². The third-order valence-electron chi connectivity index (χ3n) is 1.46. The van der Waals surface area contributed by atoms with Crippen molar-refractivity contribution in [2.45, 2.75) is 0 Å². The molecule has 4 nitrogen and oxygen atoms in total. The van der Waals surface area contributed by atoms with Gasteiger partial charge >= 0.3 is 0 Å². The molecule has 0 aromatic heterocycles. The van der Waals surface area contributed by atoms with Crippen LogP contribution in [-0.4, -0.2) is 14.7 Å². The Hall–Kier alpha value is -0.880. The summed E-state index contributed by atoms with van der Waals surface area (Å²) in [6, 6.07) is 4.16. The number of hydrogen-bond donors (Lipinski definition) is 1. The highest BCUT2D eigenvalue weighted by Crippen LogP contribution is 2.24. The minimum absolute atomic E-state index is 0.128. The summed E-state index contributed by atoms with van der Waals surface area (Å²) >= 11 is 1.76. The van der Waals surface area contributed by atoms with Crippen LogP contribution in [0.15, 0.2) is 12.1 Å². The largest absolute Gasteiger partial charge is 0.280 e. The van der Waals surface area contributed by atoms with E-state index in [-0.39, 0.29) is 11.3 Å². The van der Waals surface area contributed by atoms with Crippen molar-refractivity contribution < 1.29 is 12.8 Å². The number of sulfonamides is 1. The van der Waals surface area contributed by atoms with Crippen LogP contribution in [0.2, 0.25) is 0 Å². The van der Waals surface area contributed by atoms with Crippen LogP contribution in [0.25, 0.3) is 0 Å². The van der Waals surface area contributed by atoms with E-state index >= 15 is 0 Å². The van der Waals surface area contributed by atoms with Gasteiger partial charge < -0.3 is 0 Å². The number of rotatable bonds is 2. The first kappa shape index (κ1) is 12.2. The Kier molecular flexibility index (Phi) is 3.51. The third kappa shape index (κ3) is 3.32. The number of nitrogens with zero attached hydrogens (tertiary/aromatic N) is 1. The predicted octanol–water partition coefficient (Wildman–Crippen LogP) is 1.67. The molecule has 1 aromatic carbocycles. The monoisotopic (exact) mass is 340 g/mol. The Morgan fingerprint density at radius 3 is 2.53 bits per heavy atom. The van der Waals surface area contributed by atoms with Gasteiger partial charge in [-0.25, -0.2) is 12.8 Å². The summed E-state index contributed by atoms with van der Waals surface area (Å²) in [7, 11) is -3.52. The number of halogens is 2. The van der Waals surface area contributed by atoms with Crippen LogP contribution in [0.5, 0.6) is 0 Å². The van der Waals surface area contributed by atoms with E-state index in [2.05, 4.69) is 0 Å². The van der Waals surface area contributed by atoms with Gasteiger partial charge in [-0.15, -0.1) is 0 Å². The molecule has 80 valence electrons. The molecule has 0 spiro atoms. The number of nitriles is 1. The molecule has 0 bridgehead atoms. The Balaban J connectivity index is 3.28. The zero-order valence-electron chi connectivity index (χ0n) is 7.58. The highest BCUT2D eigenvalue weighted by molar-refractivity contribution is 14.1. The van der Waals surface area contributed by atoms with Crippen LogP contribution in [-0.2, 0) is 10.0 Å². The lowest BCUT2D eigenvalue weighted by atomic mass is 10.2. The minimum Gasteiger partial charge on any atom is -0.280 e. The average molecular weight is 340 g/mol. The molecule has 0 atom stereocenters. The van der Waals surface area contributed by atoms with Crippen molar-refractivity contribution in [1.82, 2.24) is 0 Å². The molecule has 0 fully saturated rings. The quantitative estimate of drug-likeness (QED) is 0.833. The predicted molar refractivity (Wildman–Crippen MR) is 62.3 cm³/mol. The first-order chi connectivity index (χ1) is 6.83. The maximum atomic E-state index is 13.3. The van der Waals surface area contributed by atoms with Crippen LogP contribution in [0.1, 0.15) is 5.56 Å². The van der Waals surface area contributed by atoms with Crippen molar-refractivity contribution in [3.05, 3.63) is 27.1 Å². The maximum Gasteiger partial charge on any atom is 0.229 e. The molecule has 0 radical (unpaired) electrons. The van der Waals surface area contributed by atoms with E-state index in [0.717, 1.165) is 12.3 Å². The molecule has 0 aliphatic carbocycles. The van der Waals surface area contributed by atoms with Gasteiger partial charge in [0.15, 0.2) is 0 Å². The highest BCUT2D eigenvalue weighted by Gasteiger charge is 2.12. The van der Waals surface area contributed by atoms with Gasteiger partial charge in [-0.1, -0.05) is 0 Å². The fraction of sp³-hybridized carbons (Fsp3) is 0.125. The van der Waals surface area contributed by atoms with Crippen molar-refractivity contribution in [3.8, 4) is 6.07 Å². The molecule has 0 unspecified atom stereocenters. The highest BCUT2D eigenvalue weighted by atomic mass is 127. The zero-order chi connectivity index (χ0) is 11.6. The Bertz CT molecular complexity index is 513. The SMILES string of the molecule is CS(=O)(=O)Nc1c(F)cc(C#N)cc1I. The van der Waals surface area contributed by atoms with E-state index in [1.54, 1.807) is 28.7 Å². The minimum atomic E-state index is -3.52. The fourth-order valence-corrected chi connectivity index (χ4v) is 2.41. The molecule has 0 saturated heterocycles. The molecular weight excluding hydrogens is 334 g/mol. The molecule has 1 rings (SSSR count). The summed E-state index contributed by atoms with van der Waals surface area (Å²) in [5, 5.41) is 8.55. The first-order valence-corrected chi connectivity index (χ1v) is 6.67. The van der Waals surface area contributed by atoms with Crippen molar-refractivity contribution in [3.63, 3.8) is 0 Å². The van der Waals surface area contributed by atoms with E-state index in [9.17, 15) is 12.8 Å². The lowest BCUT2D eigenvalue weighted by Crippen LogP contribution is -2.12. The number of hydrogen-bond acceptors (Lipinski definition) is 3. The van der Waals surface area contributed by atoms with Crippen LogP contribution < -0.4 is 4.72 Å². The molecule has 0 heterocycles. The van der Waals surface area contributed by atoms with Gasteiger partial charge in [-0.05, 0) is 34.7 Å². The second kappa shape index (κ2) is 4.32. The van der Waals surface area contributed by atoms with Crippen LogP contribution in [0, 0.1) is 20.7 Å². The molecule has 1 N–H and O–H groups in total. The number of nitrogens with one attached hydrogen (secondary N) is 1. The molecular formula is C8H6FIN2O2S. The fourth-order valence-electron chi connectivity index (χ4n) is 0.921. The molecule has 0 aliphatic rings. The van der Waals surface area contributed by atoms with Gasteiger partial charge in [0.25, 0.3) is 0 Å². The van der Waals surface area contributed by atoms with Gasteiger partial charge in [0.2, 0.25) is 10.0 Å². The lowest BCUT2D eigenvalue weighted by Gasteiger charge is -2.07. The summed E-state index contributed by atoms with van der Waals surface area (Å²) in [6.07, 6.45) is 0.931. The molecule has 7 heteroatoms. The Labute approximate surface area is 100 Å². The van der Waals surface area contributed by atoms with Crippen molar-refractivity contribution >= 4 is 38.3 Å². The first-order valence-electron chi connectivity index (χ1n) is 3.70. The van der Waals surface area contributed by atoms with Crippen molar-refractivity contribution in [2.75, 3.05) is 11.0 Å². The number of anilines is 1. The van der Waals surface area contributed by atoms with Crippen LogP contribution in [0.3, 0.4) is 0 Å². The van der Waals surface area contributed by atoms with E-state index in [1.807, 2.05) is 4.72 Å². The summed E-state index contributed by atoms with van der Waals surface area (Å²) < 4.78 is 37.6.